The molecule has 0 saturated carbocycles. The molecule has 1 amide bonds. The number of alkyl halides is 2. The number of anilines is 1. The summed E-state index contributed by atoms with van der Waals surface area (Å²) in [5, 5.41) is 23.6. The van der Waals surface area contributed by atoms with E-state index in [1.807, 2.05) is 0 Å². The summed E-state index contributed by atoms with van der Waals surface area (Å²) in [5.41, 5.74) is -0.431. The minimum absolute atomic E-state index is 0.152. The lowest BCUT2D eigenvalue weighted by Gasteiger charge is -2.11. The van der Waals surface area contributed by atoms with Gasteiger partial charge in [-0.3, -0.25) is 25.0 Å². The van der Waals surface area contributed by atoms with Crippen LogP contribution in [0.15, 0.2) is 42.5 Å². The Hall–Kier alpha value is -3.63. The summed E-state index contributed by atoms with van der Waals surface area (Å²) in [6.45, 7) is -3.18. The molecule has 9 nitrogen and oxygen atoms in total. The average Bonchev–Trinajstić information content (AvgIpc) is 2.56. The molecule has 0 unspecified atom stereocenters. The van der Waals surface area contributed by atoms with Crippen molar-refractivity contribution in [1.29, 1.82) is 0 Å². The lowest BCUT2D eigenvalue weighted by Crippen LogP contribution is -2.16. The SMILES string of the molecule is O=C(Cc1ccc([N+](=O)[O-])cc1)Nc1cc([N+](=O)[O-])ccc1OC(F)F. The summed E-state index contributed by atoms with van der Waals surface area (Å²) in [7, 11) is 0. The second-order valence-electron chi connectivity index (χ2n) is 4.96. The van der Waals surface area contributed by atoms with Crippen LogP contribution in [0.5, 0.6) is 5.75 Å². The maximum Gasteiger partial charge on any atom is 0.387 e. The van der Waals surface area contributed by atoms with Crippen LogP contribution in [0.2, 0.25) is 0 Å². The van der Waals surface area contributed by atoms with Crippen molar-refractivity contribution < 1.29 is 28.2 Å². The molecular weight excluding hydrogens is 356 g/mol. The van der Waals surface area contributed by atoms with Gasteiger partial charge in [0.1, 0.15) is 5.75 Å². The molecule has 0 atom stereocenters. The first kappa shape index (κ1) is 18.7. The second kappa shape index (κ2) is 7.96. The lowest BCUT2D eigenvalue weighted by molar-refractivity contribution is -0.385. The fourth-order valence-electron chi connectivity index (χ4n) is 2.04. The van der Waals surface area contributed by atoms with E-state index >= 15 is 0 Å². The number of nitrogens with one attached hydrogen (secondary N) is 1. The third-order valence-electron chi connectivity index (χ3n) is 3.18. The number of nitrogens with zero attached hydrogens (tertiary/aromatic N) is 2. The van der Waals surface area contributed by atoms with Crippen LogP contribution < -0.4 is 10.1 Å². The van der Waals surface area contributed by atoms with Crippen molar-refractivity contribution >= 4 is 23.0 Å². The molecular formula is C15H11F2N3O6. The summed E-state index contributed by atoms with van der Waals surface area (Å²) < 4.78 is 29.1. The normalized spacial score (nSPS) is 10.4. The molecule has 0 aromatic heterocycles. The van der Waals surface area contributed by atoms with E-state index in [4.69, 9.17) is 0 Å². The van der Waals surface area contributed by atoms with E-state index in [0.29, 0.717) is 5.56 Å². The maximum absolute atomic E-state index is 12.4. The number of nitro groups is 2. The number of hydrogen-bond donors (Lipinski definition) is 1. The first-order chi connectivity index (χ1) is 12.3. The van der Waals surface area contributed by atoms with Gasteiger partial charge in [-0.1, -0.05) is 12.1 Å². The smallest absolute Gasteiger partial charge is 0.387 e. The quantitative estimate of drug-likeness (QED) is 0.591. The molecule has 0 aliphatic heterocycles. The van der Waals surface area contributed by atoms with Crippen molar-refractivity contribution in [2.24, 2.45) is 0 Å². The first-order valence-corrected chi connectivity index (χ1v) is 7.02. The highest BCUT2D eigenvalue weighted by atomic mass is 19.3. The molecule has 0 bridgehead atoms. The Kier molecular flexibility index (Phi) is 5.73. The minimum atomic E-state index is -3.18. The van der Waals surface area contributed by atoms with Crippen LogP contribution >= 0.6 is 0 Å². The number of carbonyl (C=O) groups excluding carboxylic acids is 1. The van der Waals surface area contributed by atoms with Gasteiger partial charge in [0.2, 0.25) is 5.91 Å². The first-order valence-electron chi connectivity index (χ1n) is 7.02. The minimum Gasteiger partial charge on any atom is -0.433 e. The van der Waals surface area contributed by atoms with Crippen LogP contribution in [0.1, 0.15) is 5.56 Å². The van der Waals surface area contributed by atoms with E-state index in [0.717, 1.165) is 18.2 Å². The van der Waals surface area contributed by atoms with Gasteiger partial charge >= 0.3 is 6.61 Å². The van der Waals surface area contributed by atoms with Crippen molar-refractivity contribution in [3.63, 3.8) is 0 Å². The van der Waals surface area contributed by atoms with E-state index in [1.165, 1.54) is 24.3 Å². The van der Waals surface area contributed by atoms with Crippen LogP contribution in [0.4, 0.5) is 25.8 Å². The number of ether oxygens (including phenoxy) is 1. The molecule has 2 aromatic rings. The Morgan fingerprint density at radius 3 is 2.15 bits per heavy atom. The van der Waals surface area contributed by atoms with Gasteiger partial charge in [0.05, 0.1) is 22.0 Å². The fraction of sp³-hybridized carbons (Fsp3) is 0.133. The van der Waals surface area contributed by atoms with Crippen LogP contribution in [-0.4, -0.2) is 22.4 Å². The van der Waals surface area contributed by atoms with E-state index in [9.17, 15) is 33.8 Å². The van der Waals surface area contributed by atoms with Crippen molar-refractivity contribution in [1.82, 2.24) is 0 Å². The highest BCUT2D eigenvalue weighted by Crippen LogP contribution is 2.30. The number of hydrogen-bond acceptors (Lipinski definition) is 6. The molecule has 0 aliphatic carbocycles. The number of benzene rings is 2. The molecule has 0 aliphatic rings. The van der Waals surface area contributed by atoms with Gasteiger partial charge in [0.15, 0.2) is 0 Å². The summed E-state index contributed by atoms with van der Waals surface area (Å²) in [5.74, 6) is -1.10. The number of nitro benzene ring substituents is 2. The Morgan fingerprint density at radius 2 is 1.62 bits per heavy atom. The molecule has 11 heteroatoms. The number of amides is 1. The van der Waals surface area contributed by atoms with Gasteiger partial charge in [-0.05, 0) is 11.6 Å². The van der Waals surface area contributed by atoms with Gasteiger partial charge in [-0.25, -0.2) is 0 Å². The highest BCUT2D eigenvalue weighted by Gasteiger charge is 2.17. The Bertz CT molecular complexity index is 842. The largest absolute Gasteiger partial charge is 0.433 e. The number of non-ortho nitro benzene ring substituents is 2. The third kappa shape index (κ3) is 4.93. The van der Waals surface area contributed by atoms with Gasteiger partial charge < -0.3 is 10.1 Å². The van der Waals surface area contributed by atoms with E-state index in [-0.39, 0.29) is 17.8 Å². The molecule has 0 spiro atoms. The Morgan fingerprint density at radius 1 is 1.04 bits per heavy atom. The Labute approximate surface area is 144 Å². The van der Waals surface area contributed by atoms with Crippen molar-refractivity contribution in [2.45, 2.75) is 13.0 Å². The van der Waals surface area contributed by atoms with E-state index in [2.05, 4.69) is 10.1 Å². The molecule has 0 radical (unpaired) electrons. The second-order valence-corrected chi connectivity index (χ2v) is 4.96. The van der Waals surface area contributed by atoms with E-state index < -0.39 is 33.8 Å². The summed E-state index contributed by atoms with van der Waals surface area (Å²) in [6, 6.07) is 7.95. The summed E-state index contributed by atoms with van der Waals surface area (Å²) >= 11 is 0. The predicted octanol–water partition coefficient (Wildman–Crippen LogP) is 3.29. The fourth-order valence-corrected chi connectivity index (χ4v) is 2.04. The summed E-state index contributed by atoms with van der Waals surface area (Å²) in [4.78, 5) is 32.1. The molecule has 26 heavy (non-hydrogen) atoms. The van der Waals surface area contributed by atoms with E-state index in [1.54, 1.807) is 0 Å². The maximum atomic E-state index is 12.4. The van der Waals surface area contributed by atoms with Gasteiger partial charge in [0.25, 0.3) is 11.4 Å². The molecule has 1 N–H and O–H groups in total. The van der Waals surface area contributed by atoms with Crippen LogP contribution in [0.25, 0.3) is 0 Å². The average molecular weight is 367 g/mol. The van der Waals surface area contributed by atoms with Crippen LogP contribution in [0.3, 0.4) is 0 Å². The van der Waals surface area contributed by atoms with Gasteiger partial charge in [-0.2, -0.15) is 8.78 Å². The molecule has 2 rings (SSSR count). The zero-order valence-corrected chi connectivity index (χ0v) is 12.9. The zero-order valence-electron chi connectivity index (χ0n) is 12.9. The van der Waals surface area contributed by atoms with Crippen LogP contribution in [-0.2, 0) is 11.2 Å². The van der Waals surface area contributed by atoms with Crippen molar-refractivity contribution in [2.75, 3.05) is 5.32 Å². The number of rotatable bonds is 7. The Balaban J connectivity index is 2.17. The monoisotopic (exact) mass is 367 g/mol. The third-order valence-corrected chi connectivity index (χ3v) is 3.18. The van der Waals surface area contributed by atoms with Crippen molar-refractivity contribution in [3.05, 3.63) is 68.3 Å². The van der Waals surface area contributed by atoms with Gasteiger partial charge in [-0.15, -0.1) is 0 Å². The number of halogens is 2. The molecule has 0 saturated heterocycles. The van der Waals surface area contributed by atoms with Crippen LogP contribution in [0, 0.1) is 20.2 Å². The zero-order chi connectivity index (χ0) is 19.3. The number of carbonyl (C=O) groups is 1. The molecule has 2 aromatic carbocycles. The highest BCUT2D eigenvalue weighted by molar-refractivity contribution is 5.94. The summed E-state index contributed by atoms with van der Waals surface area (Å²) in [6.07, 6.45) is -0.227. The molecule has 0 fully saturated rings. The molecule has 0 heterocycles. The van der Waals surface area contributed by atoms with Crippen molar-refractivity contribution in [3.8, 4) is 5.75 Å². The standard InChI is InChI=1S/C15H11F2N3O6/c16-15(17)26-13-6-5-11(20(24)25)8-12(13)18-14(21)7-9-1-3-10(4-2-9)19(22)23/h1-6,8,15H,7H2,(H,18,21). The molecule has 136 valence electrons. The predicted molar refractivity (Wildman–Crippen MR) is 85.2 cm³/mol. The topological polar surface area (TPSA) is 125 Å². The lowest BCUT2D eigenvalue weighted by atomic mass is 10.1. The van der Waals surface area contributed by atoms with Gasteiger partial charge in [0, 0.05) is 24.3 Å².